The van der Waals surface area contributed by atoms with Crippen LogP contribution in [0.5, 0.6) is 0 Å². The fraction of sp³-hybridized carbons (Fsp3) is 0.500. The monoisotopic (exact) mass is 247 g/mol. The average Bonchev–Trinajstić information content (AvgIpc) is 2.11. The number of hydrogen-bond acceptors (Lipinski definition) is 3. The van der Waals surface area contributed by atoms with E-state index < -0.39 is 5.43 Å². The van der Waals surface area contributed by atoms with Gasteiger partial charge in [-0.3, -0.25) is 14.4 Å². The molecule has 0 aromatic carbocycles. The van der Waals surface area contributed by atoms with Crippen LogP contribution in [0.25, 0.3) is 0 Å². The molecule has 1 aromatic rings. The topological polar surface area (TPSA) is 67.0 Å². The average molecular weight is 247 g/mol. The molecule has 2 rings (SSSR count). The number of ketones is 2. The molecule has 0 fully saturated rings. The number of carbonyl (C=O) groups excluding carboxylic acids is 2. The first-order chi connectivity index (χ1) is 8.23. The van der Waals surface area contributed by atoms with Crippen LogP contribution in [-0.2, 0) is 6.42 Å². The van der Waals surface area contributed by atoms with Crippen molar-refractivity contribution in [3.63, 3.8) is 0 Å². The van der Waals surface area contributed by atoms with Crippen molar-refractivity contribution in [2.24, 2.45) is 5.41 Å². The normalized spacial score (nSPS) is 17.4. The van der Waals surface area contributed by atoms with E-state index in [4.69, 9.17) is 0 Å². The van der Waals surface area contributed by atoms with Gasteiger partial charge in [0.15, 0.2) is 11.6 Å². The molecule has 96 valence electrons. The highest BCUT2D eigenvalue weighted by atomic mass is 16.1. The van der Waals surface area contributed by atoms with Gasteiger partial charge in [-0.2, -0.15) is 0 Å². The standard InChI is InChI=1S/C14H17NO3/c1-7-11(8(2)16)13(18)12-9(15-7)5-14(3,4)6-10(12)17/h5-6H2,1-4H3,(H,15,18). The Kier molecular flexibility index (Phi) is 2.76. The number of aromatic nitrogens is 1. The Bertz CT molecular complexity index is 608. The molecule has 0 saturated heterocycles. The predicted molar refractivity (Wildman–Crippen MR) is 68.2 cm³/mol. The Morgan fingerprint density at radius 2 is 1.83 bits per heavy atom. The zero-order valence-electron chi connectivity index (χ0n) is 11.1. The first kappa shape index (κ1) is 12.7. The smallest absolute Gasteiger partial charge is 0.203 e. The summed E-state index contributed by atoms with van der Waals surface area (Å²) in [5.41, 5.74) is 0.971. The quantitative estimate of drug-likeness (QED) is 0.772. The van der Waals surface area contributed by atoms with E-state index in [1.807, 2.05) is 13.8 Å². The summed E-state index contributed by atoms with van der Waals surface area (Å²) in [7, 11) is 0. The van der Waals surface area contributed by atoms with Gasteiger partial charge in [0.2, 0.25) is 5.43 Å². The first-order valence-electron chi connectivity index (χ1n) is 6.03. The fourth-order valence-corrected chi connectivity index (χ4v) is 2.70. The molecule has 0 atom stereocenters. The highest BCUT2D eigenvalue weighted by Crippen LogP contribution is 2.32. The van der Waals surface area contributed by atoms with Crippen LogP contribution in [0.3, 0.4) is 0 Å². The zero-order valence-corrected chi connectivity index (χ0v) is 11.1. The van der Waals surface area contributed by atoms with Crippen LogP contribution in [0.1, 0.15) is 59.3 Å². The molecule has 1 N–H and O–H groups in total. The van der Waals surface area contributed by atoms with Gasteiger partial charge in [-0.15, -0.1) is 0 Å². The molecule has 0 bridgehead atoms. The fourth-order valence-electron chi connectivity index (χ4n) is 2.70. The van der Waals surface area contributed by atoms with E-state index in [1.165, 1.54) is 6.92 Å². The van der Waals surface area contributed by atoms with Crippen LogP contribution >= 0.6 is 0 Å². The Hall–Kier alpha value is -1.71. The lowest BCUT2D eigenvalue weighted by Gasteiger charge is -2.30. The Labute approximate surface area is 105 Å². The lowest BCUT2D eigenvalue weighted by Crippen LogP contribution is -2.35. The van der Waals surface area contributed by atoms with Gasteiger partial charge >= 0.3 is 0 Å². The number of rotatable bonds is 1. The van der Waals surface area contributed by atoms with E-state index in [-0.39, 0.29) is 28.1 Å². The minimum Gasteiger partial charge on any atom is -0.361 e. The van der Waals surface area contributed by atoms with E-state index in [0.717, 1.165) is 0 Å². The molecule has 1 aliphatic rings. The van der Waals surface area contributed by atoms with Crippen molar-refractivity contribution in [1.29, 1.82) is 0 Å². The van der Waals surface area contributed by atoms with Crippen LogP contribution in [0.2, 0.25) is 0 Å². The van der Waals surface area contributed by atoms with E-state index in [1.54, 1.807) is 6.92 Å². The van der Waals surface area contributed by atoms with Crippen LogP contribution in [-0.4, -0.2) is 16.6 Å². The molecule has 0 spiro atoms. The summed E-state index contributed by atoms with van der Waals surface area (Å²) in [6, 6.07) is 0. The Morgan fingerprint density at radius 3 is 2.39 bits per heavy atom. The molecule has 4 heteroatoms. The number of Topliss-reactive ketones (excluding diaryl/α,β-unsaturated/α-hetero) is 2. The number of aryl methyl sites for hydroxylation is 1. The molecule has 4 nitrogen and oxygen atoms in total. The van der Waals surface area contributed by atoms with Gasteiger partial charge in [0.25, 0.3) is 0 Å². The molecule has 18 heavy (non-hydrogen) atoms. The third-order valence-corrected chi connectivity index (χ3v) is 3.39. The number of aromatic amines is 1. The van der Waals surface area contributed by atoms with Gasteiger partial charge in [-0.1, -0.05) is 13.8 Å². The van der Waals surface area contributed by atoms with Crippen molar-refractivity contribution in [2.45, 2.75) is 40.5 Å². The van der Waals surface area contributed by atoms with Gasteiger partial charge in [0, 0.05) is 17.8 Å². The summed E-state index contributed by atoms with van der Waals surface area (Å²) in [4.78, 5) is 38.9. The summed E-state index contributed by atoms with van der Waals surface area (Å²) in [6.45, 7) is 7.05. The number of nitrogens with one attached hydrogen (secondary N) is 1. The minimum absolute atomic E-state index is 0.113. The number of H-pyrrole nitrogens is 1. The van der Waals surface area contributed by atoms with Gasteiger partial charge < -0.3 is 4.98 Å². The molecule has 0 amide bonds. The SMILES string of the molecule is CC(=O)c1c(C)[nH]c2c(c1=O)C(=O)CC(C)(C)C2. The molecule has 1 heterocycles. The highest BCUT2D eigenvalue weighted by Gasteiger charge is 2.34. The lowest BCUT2D eigenvalue weighted by atomic mass is 9.75. The molecular weight excluding hydrogens is 230 g/mol. The highest BCUT2D eigenvalue weighted by molar-refractivity contribution is 6.02. The van der Waals surface area contributed by atoms with Crippen molar-refractivity contribution in [1.82, 2.24) is 4.98 Å². The van der Waals surface area contributed by atoms with Crippen LogP contribution in [0.4, 0.5) is 0 Å². The third-order valence-electron chi connectivity index (χ3n) is 3.39. The van der Waals surface area contributed by atoms with Gasteiger partial charge in [-0.05, 0) is 25.7 Å². The largest absolute Gasteiger partial charge is 0.361 e. The summed E-state index contributed by atoms with van der Waals surface area (Å²) in [5, 5.41) is 0. The van der Waals surface area contributed by atoms with Crippen molar-refractivity contribution >= 4 is 11.6 Å². The van der Waals surface area contributed by atoms with Crippen LogP contribution in [0.15, 0.2) is 4.79 Å². The Morgan fingerprint density at radius 1 is 1.22 bits per heavy atom. The Balaban J connectivity index is 2.75. The molecule has 0 aliphatic heterocycles. The van der Waals surface area contributed by atoms with Crippen molar-refractivity contribution in [2.75, 3.05) is 0 Å². The second-order valence-corrected chi connectivity index (χ2v) is 5.80. The van der Waals surface area contributed by atoms with E-state index in [0.29, 0.717) is 24.2 Å². The molecule has 0 saturated carbocycles. The maximum Gasteiger partial charge on any atom is 0.203 e. The van der Waals surface area contributed by atoms with Crippen LogP contribution < -0.4 is 5.43 Å². The molecule has 1 aromatic heterocycles. The lowest BCUT2D eigenvalue weighted by molar-refractivity contribution is 0.0909. The summed E-state index contributed by atoms with van der Waals surface area (Å²) in [6.07, 6.45) is 1.01. The van der Waals surface area contributed by atoms with E-state index in [9.17, 15) is 14.4 Å². The van der Waals surface area contributed by atoms with E-state index >= 15 is 0 Å². The van der Waals surface area contributed by atoms with E-state index in [2.05, 4.69) is 4.98 Å². The molecule has 0 radical (unpaired) electrons. The number of fused-ring (bicyclic) bond motifs is 1. The zero-order chi connectivity index (χ0) is 13.7. The van der Waals surface area contributed by atoms with Crippen molar-refractivity contribution in [3.05, 3.63) is 32.7 Å². The second kappa shape index (κ2) is 3.90. The maximum atomic E-state index is 12.2. The van der Waals surface area contributed by atoms with Gasteiger partial charge in [-0.25, -0.2) is 0 Å². The predicted octanol–water partition coefficient (Wildman–Crippen LogP) is 2.04. The first-order valence-corrected chi connectivity index (χ1v) is 6.03. The maximum absolute atomic E-state index is 12.2. The summed E-state index contributed by atoms with van der Waals surface area (Å²) < 4.78 is 0. The van der Waals surface area contributed by atoms with Crippen LogP contribution in [0, 0.1) is 12.3 Å². The second-order valence-electron chi connectivity index (χ2n) is 5.80. The van der Waals surface area contributed by atoms with Gasteiger partial charge in [0.1, 0.15) is 0 Å². The third kappa shape index (κ3) is 1.92. The van der Waals surface area contributed by atoms with Crippen molar-refractivity contribution < 1.29 is 9.59 Å². The summed E-state index contributed by atoms with van der Waals surface area (Å²) in [5.74, 6) is -0.459. The van der Waals surface area contributed by atoms with Crippen molar-refractivity contribution in [3.8, 4) is 0 Å². The van der Waals surface area contributed by atoms with Gasteiger partial charge in [0.05, 0.1) is 11.1 Å². The molecule has 1 aliphatic carbocycles. The molecular formula is C14H17NO3. The number of carbonyl (C=O) groups is 2. The number of hydrogen-bond donors (Lipinski definition) is 1. The minimum atomic E-state index is -0.408. The number of pyridine rings is 1. The molecule has 0 unspecified atom stereocenters. The summed E-state index contributed by atoms with van der Waals surface area (Å²) >= 11 is 0.